The molecule has 6 nitrogen and oxygen atoms in total. The zero-order valence-electron chi connectivity index (χ0n) is 9.88. The number of ether oxygens (including phenoxy) is 4. The Bertz CT molecular complexity index is 347. The van der Waals surface area contributed by atoms with Crippen LogP contribution in [-0.2, 0) is 28.5 Å². The lowest BCUT2D eigenvalue weighted by Crippen LogP contribution is -2.67. The number of hydrogen-bond acceptors (Lipinski definition) is 6. The van der Waals surface area contributed by atoms with E-state index in [-0.39, 0.29) is 0 Å². The molecule has 1 rings (SSSR count). The fourth-order valence-corrected chi connectivity index (χ4v) is 1.50. The van der Waals surface area contributed by atoms with Gasteiger partial charge < -0.3 is 18.9 Å². The van der Waals surface area contributed by atoms with Gasteiger partial charge in [0.2, 0.25) is 0 Å². The standard InChI is InChI=1S/C9H10F4O6/c1-16-5(14)7(10,11)9(18-3-4-19-9)8(12,13)6(15)17-2/h3-4H2,1-2H3/i7+1,8+1. The topological polar surface area (TPSA) is 71.1 Å². The molecule has 0 unspecified atom stereocenters. The average molecular weight is 292 g/mol. The van der Waals surface area contributed by atoms with Gasteiger partial charge in [-0.3, -0.25) is 0 Å². The predicted molar refractivity (Wildman–Crippen MR) is 48.6 cm³/mol. The molecule has 1 fully saturated rings. The summed E-state index contributed by atoms with van der Waals surface area (Å²) in [5.41, 5.74) is 0. The lowest BCUT2D eigenvalue weighted by Gasteiger charge is -2.36. The highest BCUT2D eigenvalue weighted by Gasteiger charge is 2.80. The average Bonchev–Trinajstić information content (AvgIpc) is 2.87. The zero-order valence-corrected chi connectivity index (χ0v) is 9.88. The van der Waals surface area contributed by atoms with E-state index in [1.54, 1.807) is 0 Å². The van der Waals surface area contributed by atoms with Crippen molar-refractivity contribution in [3.8, 4) is 0 Å². The summed E-state index contributed by atoms with van der Waals surface area (Å²) in [5, 5.41) is 0. The summed E-state index contributed by atoms with van der Waals surface area (Å²) in [6.07, 6.45) is 0. The molecule has 0 amide bonds. The van der Waals surface area contributed by atoms with Gasteiger partial charge in [0.05, 0.1) is 27.4 Å². The van der Waals surface area contributed by atoms with Crippen molar-refractivity contribution in [1.29, 1.82) is 0 Å². The number of carbonyl (C=O) groups excluding carboxylic acids is 2. The lowest BCUT2D eigenvalue weighted by atomic mass is 10.4. The summed E-state index contributed by atoms with van der Waals surface area (Å²) in [4.78, 5) is 21.9. The summed E-state index contributed by atoms with van der Waals surface area (Å²) in [6, 6.07) is 0. The highest BCUT2D eigenvalue weighted by molar-refractivity contribution is 5.84. The Morgan fingerprint density at radius 1 is 0.947 bits per heavy atom. The van der Waals surface area contributed by atoms with Crippen LogP contribution in [0.15, 0.2) is 0 Å². The van der Waals surface area contributed by atoms with Gasteiger partial charge >= 0.3 is 29.6 Å². The van der Waals surface area contributed by atoms with Crippen molar-refractivity contribution in [3.63, 3.8) is 0 Å². The second-order valence-electron chi connectivity index (χ2n) is 3.45. The molecule has 0 aliphatic carbocycles. The van der Waals surface area contributed by atoms with Crippen molar-refractivity contribution < 1.29 is 46.1 Å². The van der Waals surface area contributed by atoms with Gasteiger partial charge in [-0.05, 0) is 0 Å². The highest BCUT2D eigenvalue weighted by Crippen LogP contribution is 2.48. The molecule has 1 saturated heterocycles. The van der Waals surface area contributed by atoms with Crippen LogP contribution in [0.5, 0.6) is 0 Å². The quantitative estimate of drug-likeness (QED) is 0.423. The predicted octanol–water partition coefficient (Wildman–Crippen LogP) is 0.346. The van der Waals surface area contributed by atoms with E-state index in [0.29, 0.717) is 14.2 Å². The molecule has 1 heterocycles. The van der Waals surface area contributed by atoms with Gasteiger partial charge in [0, 0.05) is 0 Å². The van der Waals surface area contributed by atoms with Crippen molar-refractivity contribution in [3.05, 3.63) is 0 Å². The largest absolute Gasteiger partial charge is 0.464 e. The molecule has 0 saturated carbocycles. The third kappa shape index (κ3) is 2.04. The number of rotatable bonds is 4. The van der Waals surface area contributed by atoms with Crippen molar-refractivity contribution in [1.82, 2.24) is 0 Å². The number of hydrogen-bond donors (Lipinski definition) is 0. The van der Waals surface area contributed by atoms with E-state index in [9.17, 15) is 27.2 Å². The Balaban J connectivity index is 3.33. The summed E-state index contributed by atoms with van der Waals surface area (Å²) in [5.74, 6) is -18.5. The van der Waals surface area contributed by atoms with Crippen LogP contribution in [0.4, 0.5) is 17.6 Å². The van der Waals surface area contributed by atoms with E-state index >= 15 is 0 Å². The molecule has 0 aromatic carbocycles. The van der Waals surface area contributed by atoms with E-state index in [2.05, 4.69) is 18.9 Å². The molecule has 1 aliphatic heterocycles. The van der Waals surface area contributed by atoms with Crippen molar-refractivity contribution in [2.24, 2.45) is 0 Å². The van der Waals surface area contributed by atoms with E-state index in [0.717, 1.165) is 0 Å². The summed E-state index contributed by atoms with van der Waals surface area (Å²) in [6.45, 7) is -1.31. The lowest BCUT2D eigenvalue weighted by molar-refractivity contribution is -0.358. The first-order valence-corrected chi connectivity index (χ1v) is 4.87. The fraction of sp³-hybridized carbons (Fsp3) is 0.778. The van der Waals surface area contributed by atoms with E-state index in [1.807, 2.05) is 0 Å². The molecule has 0 atom stereocenters. The number of alkyl halides is 4. The number of carbonyl (C=O) groups is 2. The maximum atomic E-state index is 13.8. The van der Waals surface area contributed by atoms with Crippen LogP contribution in [0.3, 0.4) is 0 Å². The first-order chi connectivity index (χ1) is 8.67. The molecule has 0 N–H and O–H groups in total. The molecule has 0 spiro atoms. The van der Waals surface area contributed by atoms with E-state index in [4.69, 9.17) is 0 Å². The maximum absolute atomic E-state index is 13.8. The van der Waals surface area contributed by atoms with Crippen LogP contribution in [0.1, 0.15) is 0 Å². The summed E-state index contributed by atoms with van der Waals surface area (Å²) in [7, 11) is 1.13. The summed E-state index contributed by atoms with van der Waals surface area (Å²) < 4.78 is 70.9. The van der Waals surface area contributed by atoms with Gasteiger partial charge in [-0.15, -0.1) is 0 Å². The minimum Gasteiger partial charge on any atom is -0.464 e. The van der Waals surface area contributed by atoms with Crippen LogP contribution in [0.25, 0.3) is 0 Å². The normalized spacial score (nSPS) is 19.1. The fourth-order valence-electron chi connectivity index (χ4n) is 1.50. The van der Waals surface area contributed by atoms with Crippen LogP contribution >= 0.6 is 0 Å². The van der Waals surface area contributed by atoms with Gasteiger partial charge in [0.25, 0.3) is 0 Å². The SMILES string of the molecule is COC(=O)[13C](F)(F)C1([13C](F)(F)C(=O)OC)OCCO1. The second kappa shape index (κ2) is 4.93. The molecule has 1 aliphatic rings. The Morgan fingerprint density at radius 3 is 1.53 bits per heavy atom. The molecular formula is C9H10F4O6. The first-order valence-electron chi connectivity index (χ1n) is 4.87. The molecule has 0 bridgehead atoms. The highest BCUT2D eigenvalue weighted by atomic mass is 19.3. The number of methoxy groups -OCH3 is 2. The van der Waals surface area contributed by atoms with E-state index in [1.165, 1.54) is 0 Å². The molecule has 10 heteroatoms. The maximum Gasteiger partial charge on any atom is 0.402 e. The Labute approximate surface area is 104 Å². The number of esters is 2. The number of halogens is 4. The zero-order chi connectivity index (χ0) is 14.9. The van der Waals surface area contributed by atoms with Gasteiger partial charge in [-0.2, -0.15) is 17.6 Å². The third-order valence-electron chi connectivity index (χ3n) is 2.40. The van der Waals surface area contributed by atoms with Crippen molar-refractivity contribution in [2.75, 3.05) is 27.4 Å². The second-order valence-corrected chi connectivity index (χ2v) is 3.45. The Kier molecular flexibility index (Phi) is 4.06. The van der Waals surface area contributed by atoms with Gasteiger partial charge in [0.1, 0.15) is 0 Å². The van der Waals surface area contributed by atoms with Gasteiger partial charge in [-0.25, -0.2) is 9.59 Å². The molecule has 0 aromatic rings. The Hall–Kier alpha value is -1.42. The molecular weight excluding hydrogens is 282 g/mol. The van der Waals surface area contributed by atoms with Crippen LogP contribution in [0, 0.1) is 0 Å². The van der Waals surface area contributed by atoms with E-state index < -0.39 is 42.8 Å². The smallest absolute Gasteiger partial charge is 0.402 e. The minimum atomic E-state index is -4.91. The van der Waals surface area contributed by atoms with Crippen LogP contribution in [0.2, 0.25) is 0 Å². The monoisotopic (exact) mass is 292 g/mol. The third-order valence-corrected chi connectivity index (χ3v) is 2.40. The molecule has 110 valence electrons. The molecule has 0 aromatic heterocycles. The van der Waals surface area contributed by atoms with Crippen molar-refractivity contribution >= 4 is 11.9 Å². The van der Waals surface area contributed by atoms with Crippen molar-refractivity contribution in [2.45, 2.75) is 17.6 Å². The Morgan fingerprint density at radius 2 is 1.26 bits per heavy atom. The molecule has 19 heavy (non-hydrogen) atoms. The summed E-state index contributed by atoms with van der Waals surface area (Å²) >= 11 is 0. The van der Waals surface area contributed by atoms with Crippen LogP contribution in [-0.4, -0.2) is 57.0 Å². The van der Waals surface area contributed by atoms with Gasteiger partial charge in [-0.1, -0.05) is 0 Å². The first kappa shape index (κ1) is 15.6. The minimum absolute atomic E-state index is 0.565. The van der Waals surface area contributed by atoms with Gasteiger partial charge in [0.15, 0.2) is 0 Å². The van der Waals surface area contributed by atoms with Crippen LogP contribution < -0.4 is 0 Å². The molecule has 0 radical (unpaired) electrons.